The fourth-order valence-corrected chi connectivity index (χ4v) is 3.09. The second-order valence-corrected chi connectivity index (χ2v) is 6.44. The molecule has 2 heterocycles. The van der Waals surface area contributed by atoms with Crippen LogP contribution in [0.3, 0.4) is 0 Å². The molecule has 2 amide bonds. The zero-order valence-corrected chi connectivity index (χ0v) is 14.9. The smallest absolute Gasteiger partial charge is 0.286 e. The van der Waals surface area contributed by atoms with Crippen molar-refractivity contribution in [2.45, 2.75) is 12.8 Å². The Balaban J connectivity index is 1.32. The molecule has 0 bridgehead atoms. The number of amides is 2. The van der Waals surface area contributed by atoms with Crippen LogP contribution in [0.15, 0.2) is 53.1 Å². The lowest BCUT2D eigenvalue weighted by Crippen LogP contribution is -2.49. The van der Waals surface area contributed by atoms with E-state index in [2.05, 4.69) is 34.5 Å². The summed E-state index contributed by atoms with van der Waals surface area (Å²) in [5.41, 5.74) is 1.35. The van der Waals surface area contributed by atoms with Gasteiger partial charge in [-0.05, 0) is 24.1 Å². The molecule has 1 aromatic heterocycles. The summed E-state index contributed by atoms with van der Waals surface area (Å²) in [7, 11) is 0. The highest BCUT2D eigenvalue weighted by Gasteiger charge is 2.20. The molecular formula is C20H25N3O3. The van der Waals surface area contributed by atoms with Gasteiger partial charge in [0.05, 0.1) is 6.26 Å². The minimum atomic E-state index is -0.284. The van der Waals surface area contributed by atoms with Gasteiger partial charge in [-0.15, -0.1) is 0 Å². The number of piperazine rings is 1. The van der Waals surface area contributed by atoms with Crippen LogP contribution in [0.1, 0.15) is 22.5 Å². The van der Waals surface area contributed by atoms with Crippen molar-refractivity contribution in [1.82, 2.24) is 15.1 Å². The Bertz CT molecular complexity index is 692. The average molecular weight is 355 g/mol. The van der Waals surface area contributed by atoms with E-state index in [4.69, 9.17) is 4.42 Å². The third-order valence-corrected chi connectivity index (χ3v) is 4.65. The van der Waals surface area contributed by atoms with Crippen molar-refractivity contribution < 1.29 is 14.0 Å². The first-order valence-corrected chi connectivity index (χ1v) is 9.08. The number of hydrogen-bond acceptors (Lipinski definition) is 4. The quantitative estimate of drug-likeness (QED) is 0.822. The molecule has 1 aromatic carbocycles. The van der Waals surface area contributed by atoms with Crippen molar-refractivity contribution in [3.8, 4) is 0 Å². The van der Waals surface area contributed by atoms with Gasteiger partial charge in [0.1, 0.15) is 0 Å². The maximum absolute atomic E-state index is 12.3. The van der Waals surface area contributed by atoms with Crippen molar-refractivity contribution >= 4 is 11.8 Å². The molecule has 1 aliphatic heterocycles. The van der Waals surface area contributed by atoms with Crippen LogP contribution < -0.4 is 5.32 Å². The van der Waals surface area contributed by atoms with Crippen LogP contribution in [-0.2, 0) is 11.2 Å². The van der Waals surface area contributed by atoms with Gasteiger partial charge in [0.2, 0.25) is 5.91 Å². The van der Waals surface area contributed by atoms with Crippen LogP contribution in [0, 0.1) is 0 Å². The average Bonchev–Trinajstić information content (AvgIpc) is 3.22. The SMILES string of the molecule is O=C(NCCC(=O)N1CCN(CCc2ccccc2)CC1)c1ccco1. The molecule has 26 heavy (non-hydrogen) atoms. The summed E-state index contributed by atoms with van der Waals surface area (Å²) in [6, 6.07) is 13.7. The Morgan fingerprint density at radius 2 is 1.77 bits per heavy atom. The Morgan fingerprint density at radius 3 is 2.46 bits per heavy atom. The highest BCUT2D eigenvalue weighted by molar-refractivity contribution is 5.91. The first kappa shape index (κ1) is 18.2. The first-order valence-electron chi connectivity index (χ1n) is 9.08. The van der Waals surface area contributed by atoms with E-state index in [9.17, 15) is 9.59 Å². The van der Waals surface area contributed by atoms with Gasteiger partial charge in [-0.25, -0.2) is 0 Å². The lowest BCUT2D eigenvalue weighted by molar-refractivity contribution is -0.132. The number of benzene rings is 1. The Labute approximate surface area is 153 Å². The molecule has 0 atom stereocenters. The Morgan fingerprint density at radius 1 is 1.00 bits per heavy atom. The maximum Gasteiger partial charge on any atom is 0.286 e. The van der Waals surface area contributed by atoms with Gasteiger partial charge < -0.3 is 14.6 Å². The summed E-state index contributed by atoms with van der Waals surface area (Å²) in [4.78, 5) is 28.3. The number of nitrogens with one attached hydrogen (secondary N) is 1. The van der Waals surface area contributed by atoms with Gasteiger partial charge in [0.15, 0.2) is 5.76 Å². The lowest BCUT2D eigenvalue weighted by Gasteiger charge is -2.34. The number of carbonyl (C=O) groups excluding carboxylic acids is 2. The highest BCUT2D eigenvalue weighted by atomic mass is 16.3. The Hall–Kier alpha value is -2.60. The van der Waals surface area contributed by atoms with Crippen molar-refractivity contribution in [3.63, 3.8) is 0 Å². The first-order chi connectivity index (χ1) is 12.7. The molecule has 2 aromatic rings. The second kappa shape index (κ2) is 9.20. The molecule has 1 fully saturated rings. The van der Waals surface area contributed by atoms with E-state index < -0.39 is 0 Å². The van der Waals surface area contributed by atoms with Crippen molar-refractivity contribution in [3.05, 3.63) is 60.1 Å². The summed E-state index contributed by atoms with van der Waals surface area (Å²) in [5.74, 6) is 0.0745. The summed E-state index contributed by atoms with van der Waals surface area (Å²) in [6.45, 7) is 4.64. The topological polar surface area (TPSA) is 65.8 Å². The van der Waals surface area contributed by atoms with Crippen LogP contribution in [0.5, 0.6) is 0 Å². The lowest BCUT2D eigenvalue weighted by atomic mass is 10.1. The molecule has 0 unspecified atom stereocenters. The van der Waals surface area contributed by atoms with Gasteiger partial charge in [0.25, 0.3) is 5.91 Å². The Kier molecular flexibility index (Phi) is 6.44. The number of hydrogen-bond donors (Lipinski definition) is 1. The standard InChI is InChI=1S/C20H25N3O3/c24-19(8-10-21-20(25)18-7-4-16-26-18)23-14-12-22(13-15-23)11-9-17-5-2-1-3-6-17/h1-7,16H,8-15H2,(H,21,25). The maximum atomic E-state index is 12.3. The minimum absolute atomic E-state index is 0.0902. The van der Waals surface area contributed by atoms with Crippen LogP contribution >= 0.6 is 0 Å². The highest BCUT2D eigenvalue weighted by Crippen LogP contribution is 2.07. The van der Waals surface area contributed by atoms with Crippen molar-refractivity contribution in [1.29, 1.82) is 0 Å². The normalized spacial score (nSPS) is 15.0. The van der Waals surface area contributed by atoms with Crippen LogP contribution in [-0.4, -0.2) is 60.9 Å². The van der Waals surface area contributed by atoms with Crippen molar-refractivity contribution in [2.24, 2.45) is 0 Å². The summed E-state index contributed by atoms with van der Waals surface area (Å²) in [5, 5.41) is 2.71. The van der Waals surface area contributed by atoms with E-state index in [1.807, 2.05) is 11.0 Å². The van der Waals surface area contributed by atoms with Crippen LogP contribution in [0.2, 0.25) is 0 Å². The summed E-state index contributed by atoms with van der Waals surface area (Å²) < 4.78 is 5.02. The molecule has 0 saturated carbocycles. The monoisotopic (exact) mass is 355 g/mol. The molecule has 3 rings (SSSR count). The molecule has 0 aliphatic carbocycles. The van der Waals surface area contributed by atoms with Gasteiger partial charge >= 0.3 is 0 Å². The van der Waals surface area contributed by atoms with Gasteiger partial charge in [-0.1, -0.05) is 30.3 Å². The van der Waals surface area contributed by atoms with E-state index in [1.165, 1.54) is 11.8 Å². The van der Waals surface area contributed by atoms with E-state index in [-0.39, 0.29) is 17.6 Å². The molecule has 1 saturated heterocycles. The summed E-state index contributed by atoms with van der Waals surface area (Å²) in [6.07, 6.45) is 2.81. The van der Waals surface area contributed by atoms with Crippen molar-refractivity contribution in [2.75, 3.05) is 39.3 Å². The predicted molar refractivity (Wildman–Crippen MR) is 98.8 cm³/mol. The minimum Gasteiger partial charge on any atom is -0.459 e. The molecule has 0 spiro atoms. The van der Waals surface area contributed by atoms with Gasteiger partial charge in [-0.2, -0.15) is 0 Å². The fourth-order valence-electron chi connectivity index (χ4n) is 3.09. The molecular weight excluding hydrogens is 330 g/mol. The largest absolute Gasteiger partial charge is 0.459 e. The van der Waals surface area contributed by atoms with E-state index in [1.54, 1.807) is 12.1 Å². The zero-order valence-electron chi connectivity index (χ0n) is 14.9. The van der Waals surface area contributed by atoms with Crippen LogP contribution in [0.4, 0.5) is 0 Å². The van der Waals surface area contributed by atoms with Gasteiger partial charge in [-0.3, -0.25) is 14.5 Å². The molecule has 1 aliphatic rings. The number of furan rings is 1. The van der Waals surface area contributed by atoms with Gasteiger partial charge in [0, 0.05) is 45.7 Å². The zero-order chi connectivity index (χ0) is 18.2. The third kappa shape index (κ3) is 5.20. The van der Waals surface area contributed by atoms with E-state index in [0.717, 1.165) is 39.1 Å². The van der Waals surface area contributed by atoms with E-state index >= 15 is 0 Å². The number of nitrogens with zero attached hydrogens (tertiary/aromatic N) is 2. The second-order valence-electron chi connectivity index (χ2n) is 6.44. The predicted octanol–water partition coefficient (Wildman–Crippen LogP) is 1.79. The summed E-state index contributed by atoms with van der Waals surface area (Å²) >= 11 is 0. The number of carbonyl (C=O) groups is 2. The van der Waals surface area contributed by atoms with Crippen LogP contribution in [0.25, 0.3) is 0 Å². The molecule has 0 radical (unpaired) electrons. The number of rotatable bonds is 7. The molecule has 138 valence electrons. The molecule has 1 N–H and O–H groups in total. The molecule has 6 nitrogen and oxygen atoms in total. The fraction of sp³-hybridized carbons (Fsp3) is 0.400. The third-order valence-electron chi connectivity index (χ3n) is 4.65. The molecule has 6 heteroatoms. The van der Waals surface area contributed by atoms with E-state index in [0.29, 0.717) is 13.0 Å².